The molecule has 1 aromatic heterocycles. The van der Waals surface area contributed by atoms with Gasteiger partial charge >= 0.3 is 0 Å². The van der Waals surface area contributed by atoms with Crippen molar-refractivity contribution in [3.8, 4) is 34.6 Å². The fourth-order valence-corrected chi connectivity index (χ4v) is 3.32. The first-order chi connectivity index (χ1) is 14.7. The summed E-state index contributed by atoms with van der Waals surface area (Å²) in [4.78, 5) is 2.42. The van der Waals surface area contributed by atoms with E-state index in [-0.39, 0.29) is 11.3 Å². The van der Waals surface area contributed by atoms with Crippen molar-refractivity contribution in [2.45, 2.75) is 12.8 Å². The third-order valence-corrected chi connectivity index (χ3v) is 4.96. The molecule has 1 N–H and O–H groups in total. The highest BCUT2D eigenvalue weighted by Gasteiger charge is 2.10. The Bertz CT molecular complexity index is 1050. The lowest BCUT2D eigenvalue weighted by atomic mass is 10.1. The number of rotatable bonds is 5. The number of aromatic nitrogens is 2. The molecule has 1 fully saturated rings. The van der Waals surface area contributed by atoms with Gasteiger partial charge in [-0.2, -0.15) is 0 Å². The van der Waals surface area contributed by atoms with Gasteiger partial charge in [-0.25, -0.2) is 4.39 Å². The number of halogens is 1. The molecule has 0 saturated carbocycles. The average Bonchev–Trinajstić information content (AvgIpc) is 3.27. The second-order valence-electron chi connectivity index (χ2n) is 7.14. The lowest BCUT2D eigenvalue weighted by molar-refractivity contribution is 0.238. The van der Waals surface area contributed by atoms with Gasteiger partial charge in [-0.05, 0) is 80.4 Å². The molecule has 0 radical (unpaired) electrons. The average molecular weight is 403 g/mol. The van der Waals surface area contributed by atoms with Crippen LogP contribution in [0.2, 0.25) is 0 Å². The number of ether oxygens (including phenoxy) is 1. The van der Waals surface area contributed by atoms with Gasteiger partial charge in [0.05, 0.1) is 5.69 Å². The van der Waals surface area contributed by atoms with Crippen molar-refractivity contribution >= 4 is 0 Å². The highest BCUT2D eigenvalue weighted by Crippen LogP contribution is 2.23. The Kier molecular flexibility index (Phi) is 6.21. The minimum Gasteiger partial charge on any atom is -0.508 e. The molecule has 1 aliphatic heterocycles. The Labute approximate surface area is 175 Å². The molecule has 3 aromatic rings. The number of nitrogens with zero attached hydrogens (tertiary/aromatic N) is 3. The van der Waals surface area contributed by atoms with E-state index in [1.54, 1.807) is 12.1 Å². The molecule has 0 bridgehead atoms. The summed E-state index contributed by atoms with van der Waals surface area (Å²) >= 11 is 0. The summed E-state index contributed by atoms with van der Waals surface area (Å²) in [6.45, 7) is 4.00. The molecule has 5 nitrogen and oxygen atoms in total. The van der Waals surface area contributed by atoms with Crippen LogP contribution < -0.4 is 4.74 Å². The third-order valence-electron chi connectivity index (χ3n) is 4.96. The zero-order chi connectivity index (χ0) is 20.8. The van der Waals surface area contributed by atoms with Crippen molar-refractivity contribution in [1.29, 1.82) is 0 Å². The molecule has 2 heterocycles. The molecule has 6 heteroatoms. The topological polar surface area (TPSA) is 58.5 Å². The minimum atomic E-state index is -0.550. The van der Waals surface area contributed by atoms with Gasteiger partial charge in [0.1, 0.15) is 29.6 Å². The first kappa shape index (κ1) is 19.9. The predicted molar refractivity (Wildman–Crippen MR) is 113 cm³/mol. The maximum atomic E-state index is 13.9. The molecule has 1 aliphatic rings. The lowest BCUT2D eigenvalue weighted by Gasteiger charge is -2.14. The number of phenols is 1. The molecule has 0 aliphatic carbocycles. The molecule has 152 valence electrons. The predicted octanol–water partition coefficient (Wildman–Crippen LogP) is 3.86. The first-order valence-corrected chi connectivity index (χ1v) is 9.97. The summed E-state index contributed by atoms with van der Waals surface area (Å²) in [6.07, 6.45) is 2.57. The Morgan fingerprint density at radius 2 is 1.77 bits per heavy atom. The normalized spacial score (nSPS) is 13.6. The molecule has 0 spiro atoms. The molecule has 0 unspecified atom stereocenters. The molecule has 0 amide bonds. The second kappa shape index (κ2) is 9.38. The van der Waals surface area contributed by atoms with Gasteiger partial charge in [-0.3, -0.25) is 4.90 Å². The van der Waals surface area contributed by atoms with E-state index < -0.39 is 5.82 Å². The summed E-state index contributed by atoms with van der Waals surface area (Å²) in [5.41, 5.74) is 2.00. The molecule has 2 aromatic carbocycles. The van der Waals surface area contributed by atoms with Gasteiger partial charge in [0.2, 0.25) is 0 Å². The maximum Gasteiger partial charge on any atom is 0.136 e. The van der Waals surface area contributed by atoms with E-state index in [4.69, 9.17) is 4.74 Å². The minimum absolute atomic E-state index is 0.130. The number of hydrogen-bond acceptors (Lipinski definition) is 5. The van der Waals surface area contributed by atoms with Crippen molar-refractivity contribution in [1.82, 2.24) is 15.1 Å². The van der Waals surface area contributed by atoms with E-state index in [1.165, 1.54) is 38.1 Å². The van der Waals surface area contributed by atoms with Crippen LogP contribution in [0.25, 0.3) is 11.3 Å². The van der Waals surface area contributed by atoms with E-state index in [0.29, 0.717) is 18.0 Å². The molecular weight excluding hydrogens is 381 g/mol. The monoisotopic (exact) mass is 403 g/mol. The Morgan fingerprint density at radius 3 is 2.47 bits per heavy atom. The highest BCUT2D eigenvalue weighted by molar-refractivity contribution is 5.60. The van der Waals surface area contributed by atoms with Crippen molar-refractivity contribution in [2.75, 3.05) is 26.2 Å². The van der Waals surface area contributed by atoms with Crippen LogP contribution >= 0.6 is 0 Å². The number of hydrogen-bond donors (Lipinski definition) is 1. The van der Waals surface area contributed by atoms with Crippen molar-refractivity contribution in [3.05, 3.63) is 71.7 Å². The lowest BCUT2D eigenvalue weighted by Crippen LogP contribution is -2.25. The van der Waals surface area contributed by atoms with Gasteiger partial charge in [0, 0.05) is 23.7 Å². The van der Waals surface area contributed by atoms with Gasteiger partial charge in [-0.1, -0.05) is 5.92 Å². The summed E-state index contributed by atoms with van der Waals surface area (Å²) in [6, 6.07) is 14.9. The molecule has 0 atom stereocenters. The van der Waals surface area contributed by atoms with E-state index in [1.807, 2.05) is 24.3 Å². The summed E-state index contributed by atoms with van der Waals surface area (Å²) in [5, 5.41) is 17.4. The van der Waals surface area contributed by atoms with Crippen molar-refractivity contribution < 1.29 is 14.2 Å². The fourth-order valence-electron chi connectivity index (χ4n) is 3.32. The van der Waals surface area contributed by atoms with Crippen LogP contribution in [-0.2, 0) is 0 Å². The zero-order valence-electron chi connectivity index (χ0n) is 16.5. The summed E-state index contributed by atoms with van der Waals surface area (Å²) in [7, 11) is 0. The van der Waals surface area contributed by atoms with Gasteiger partial charge in [-0.15, -0.1) is 10.2 Å². The van der Waals surface area contributed by atoms with Gasteiger partial charge in [0.25, 0.3) is 0 Å². The standard InChI is InChI=1S/C24H22FN3O2/c25-23-17-20(29)8-11-22(23)24-12-7-19(26-27-24)6-3-18-4-9-21(10-5-18)30-16-15-28-13-1-2-14-28/h4-5,7-12,17,29H,1-2,13-16H2. The molecule has 30 heavy (non-hydrogen) atoms. The highest BCUT2D eigenvalue weighted by atomic mass is 19.1. The first-order valence-electron chi connectivity index (χ1n) is 9.97. The summed E-state index contributed by atoms with van der Waals surface area (Å²) in [5.74, 6) is 6.16. The van der Waals surface area contributed by atoms with Crippen LogP contribution in [0.5, 0.6) is 11.5 Å². The fraction of sp³-hybridized carbons (Fsp3) is 0.250. The van der Waals surface area contributed by atoms with Crippen LogP contribution in [0.3, 0.4) is 0 Å². The SMILES string of the molecule is Oc1ccc(-c2ccc(C#Cc3ccc(OCCN4CCCC4)cc3)nn2)c(F)c1. The van der Waals surface area contributed by atoms with Crippen LogP contribution in [-0.4, -0.2) is 46.4 Å². The van der Waals surface area contributed by atoms with E-state index in [0.717, 1.165) is 23.9 Å². The molecule has 4 rings (SSSR count). The third kappa shape index (κ3) is 5.13. The van der Waals surface area contributed by atoms with E-state index in [2.05, 4.69) is 26.9 Å². The van der Waals surface area contributed by atoms with Gasteiger partial charge < -0.3 is 9.84 Å². The molecule has 1 saturated heterocycles. The number of benzene rings is 2. The smallest absolute Gasteiger partial charge is 0.136 e. The van der Waals surface area contributed by atoms with Crippen LogP contribution in [0.1, 0.15) is 24.1 Å². The second-order valence-corrected chi connectivity index (χ2v) is 7.14. The Balaban J connectivity index is 1.35. The van der Waals surface area contributed by atoms with E-state index in [9.17, 15) is 9.50 Å². The van der Waals surface area contributed by atoms with Crippen LogP contribution in [0.4, 0.5) is 4.39 Å². The summed E-state index contributed by atoms with van der Waals surface area (Å²) < 4.78 is 19.7. The number of phenolic OH excluding ortho intramolecular Hbond substituents is 1. The molecular formula is C24H22FN3O2. The van der Waals surface area contributed by atoms with Crippen LogP contribution in [0.15, 0.2) is 54.6 Å². The van der Waals surface area contributed by atoms with E-state index >= 15 is 0 Å². The quantitative estimate of drug-likeness (QED) is 0.656. The number of likely N-dealkylation sites (tertiary alicyclic amines) is 1. The Hall–Kier alpha value is -3.43. The zero-order valence-corrected chi connectivity index (χ0v) is 16.5. The number of aromatic hydroxyl groups is 1. The van der Waals surface area contributed by atoms with Crippen LogP contribution in [0, 0.1) is 17.7 Å². The van der Waals surface area contributed by atoms with Gasteiger partial charge in [0.15, 0.2) is 0 Å². The largest absolute Gasteiger partial charge is 0.508 e. The Morgan fingerprint density at radius 1 is 0.967 bits per heavy atom. The van der Waals surface area contributed by atoms with Crippen molar-refractivity contribution in [2.24, 2.45) is 0 Å². The van der Waals surface area contributed by atoms with Crippen molar-refractivity contribution in [3.63, 3.8) is 0 Å². The maximum absolute atomic E-state index is 13.9.